The molecule has 10 nitrogen and oxygen atoms in total. The van der Waals surface area contributed by atoms with Gasteiger partial charge in [0.2, 0.25) is 0 Å². The highest BCUT2D eigenvalue weighted by Gasteiger charge is 2.25. The van der Waals surface area contributed by atoms with Gasteiger partial charge in [0.25, 0.3) is 0 Å². The van der Waals surface area contributed by atoms with Gasteiger partial charge in [-0.15, -0.1) is 0 Å². The number of aromatic carboxylic acids is 4. The number of hydrogen-bond donors (Lipinski definition) is 4. The number of benzene rings is 4. The Morgan fingerprint density at radius 3 is 1.02 bits per heavy atom. The van der Waals surface area contributed by atoms with Crippen molar-refractivity contribution < 1.29 is 49.1 Å². The van der Waals surface area contributed by atoms with E-state index < -0.39 is 35.0 Å². The highest BCUT2D eigenvalue weighted by atomic mass is 16.5. The Morgan fingerprint density at radius 1 is 0.450 bits per heavy atom. The molecule has 0 aromatic heterocycles. The minimum atomic E-state index is -1.42. The van der Waals surface area contributed by atoms with Gasteiger partial charge < -0.3 is 29.9 Å². The van der Waals surface area contributed by atoms with Gasteiger partial charge in [0, 0.05) is 0 Å². The molecule has 202 valence electrons. The number of carboxylic acids is 4. The van der Waals surface area contributed by atoms with Crippen LogP contribution in [0.3, 0.4) is 0 Å². The maximum atomic E-state index is 11.8. The van der Waals surface area contributed by atoms with Crippen LogP contribution in [-0.4, -0.2) is 44.3 Å². The van der Waals surface area contributed by atoms with Crippen LogP contribution in [0.1, 0.15) is 52.6 Å². The average molecular weight is 542 g/mol. The van der Waals surface area contributed by atoms with Crippen LogP contribution in [0, 0.1) is 13.8 Å². The monoisotopic (exact) mass is 542 g/mol. The molecule has 0 fully saturated rings. The Bertz CT molecular complexity index is 1530. The third-order valence-corrected chi connectivity index (χ3v) is 6.10. The van der Waals surface area contributed by atoms with Gasteiger partial charge in [-0.3, -0.25) is 0 Å². The summed E-state index contributed by atoms with van der Waals surface area (Å²) in [5, 5.41) is 38.1. The molecule has 0 aliphatic rings. The fourth-order valence-corrected chi connectivity index (χ4v) is 4.21. The zero-order chi connectivity index (χ0) is 29.1. The van der Waals surface area contributed by atoms with Gasteiger partial charge in [-0.2, -0.15) is 0 Å². The first-order valence-electron chi connectivity index (χ1n) is 11.7. The molecule has 4 N–H and O–H groups in total. The van der Waals surface area contributed by atoms with Crippen molar-refractivity contribution in [3.63, 3.8) is 0 Å². The topological polar surface area (TPSA) is 168 Å². The Hall–Kier alpha value is -5.64. The molecule has 0 bridgehead atoms. The van der Waals surface area contributed by atoms with Crippen molar-refractivity contribution in [2.45, 2.75) is 13.8 Å². The van der Waals surface area contributed by atoms with Crippen molar-refractivity contribution in [2.24, 2.45) is 0 Å². The summed E-state index contributed by atoms with van der Waals surface area (Å²) >= 11 is 0. The number of rotatable bonds is 9. The van der Waals surface area contributed by atoms with Crippen LogP contribution >= 0.6 is 0 Å². The summed E-state index contributed by atoms with van der Waals surface area (Å²) in [5.41, 5.74) is 0.551. The fraction of sp³-hybridized carbons (Fsp3) is 0.0667. The molecule has 0 atom stereocenters. The second-order valence-corrected chi connectivity index (χ2v) is 8.73. The third-order valence-electron chi connectivity index (χ3n) is 6.10. The first kappa shape index (κ1) is 27.4. The second kappa shape index (κ2) is 11.0. The van der Waals surface area contributed by atoms with Crippen LogP contribution in [0.2, 0.25) is 0 Å². The number of hydrogen-bond acceptors (Lipinski definition) is 6. The van der Waals surface area contributed by atoms with Gasteiger partial charge in [-0.1, -0.05) is 36.4 Å². The molecule has 0 heterocycles. The van der Waals surface area contributed by atoms with Gasteiger partial charge in [0.05, 0.1) is 11.1 Å². The van der Waals surface area contributed by atoms with E-state index in [1.807, 2.05) is 0 Å². The van der Waals surface area contributed by atoms with Gasteiger partial charge in [-0.25, -0.2) is 19.2 Å². The summed E-state index contributed by atoms with van der Waals surface area (Å²) < 4.78 is 11.4. The molecule has 0 radical (unpaired) electrons. The molecule has 0 aliphatic carbocycles. The average Bonchev–Trinajstić information content (AvgIpc) is 2.90. The van der Waals surface area contributed by atoms with Crippen molar-refractivity contribution in [1.29, 1.82) is 0 Å². The summed E-state index contributed by atoms with van der Waals surface area (Å²) in [6.07, 6.45) is 0. The minimum absolute atomic E-state index is 0.104. The molecule has 0 spiro atoms. The van der Waals surface area contributed by atoms with E-state index in [1.54, 1.807) is 48.5 Å². The zero-order valence-electron chi connectivity index (χ0n) is 21.2. The van der Waals surface area contributed by atoms with Crippen LogP contribution < -0.4 is 9.47 Å². The van der Waals surface area contributed by atoms with Crippen molar-refractivity contribution >= 4 is 23.9 Å². The van der Waals surface area contributed by atoms with E-state index in [4.69, 9.17) is 9.47 Å². The molecular formula is C30H22O10. The summed E-state index contributed by atoms with van der Waals surface area (Å²) in [7, 11) is 0. The van der Waals surface area contributed by atoms with E-state index in [0.29, 0.717) is 22.6 Å². The lowest BCUT2D eigenvalue weighted by molar-refractivity contribution is 0.0648. The molecule has 0 aliphatic heterocycles. The summed E-state index contributed by atoms with van der Waals surface area (Å²) in [4.78, 5) is 46.8. The molecule has 0 saturated carbocycles. The molecule has 4 aromatic rings. The molecular weight excluding hydrogens is 520 g/mol. The second-order valence-electron chi connectivity index (χ2n) is 8.73. The molecule has 10 heteroatoms. The van der Waals surface area contributed by atoms with Crippen LogP contribution in [0.5, 0.6) is 23.0 Å². The van der Waals surface area contributed by atoms with Gasteiger partial charge >= 0.3 is 23.9 Å². The van der Waals surface area contributed by atoms with E-state index in [9.17, 15) is 39.6 Å². The number of aryl methyl sites for hydroxylation is 2. The normalized spacial score (nSPS) is 10.6. The predicted octanol–water partition coefficient (Wildman–Crippen LogP) is 6.35. The van der Waals surface area contributed by atoms with Gasteiger partial charge in [0.15, 0.2) is 0 Å². The number of ether oxygens (including phenoxy) is 2. The standard InChI is InChI=1S/C30H22O10/c1-15-3-13-21(25(29(35)36)23(15)27(31)32)39-19-9-5-17(6-10-19)18-7-11-20(12-8-18)40-22-14-4-16(2)24(28(33)34)26(22)30(37)38/h3-14H,1-2H3,(H,31,32)(H,33,34)(H,35,36)(H,37,38). The van der Waals surface area contributed by atoms with Gasteiger partial charge in [-0.05, 0) is 72.5 Å². The van der Waals surface area contributed by atoms with Crippen LogP contribution in [0.4, 0.5) is 0 Å². The highest BCUT2D eigenvalue weighted by Crippen LogP contribution is 2.33. The maximum Gasteiger partial charge on any atom is 0.340 e. The SMILES string of the molecule is Cc1ccc(Oc2ccc(-c3ccc(Oc4ccc(C)c(C(=O)O)c4C(=O)O)cc3)cc2)c(C(=O)O)c1C(=O)O. The van der Waals surface area contributed by atoms with Crippen molar-refractivity contribution in [3.8, 4) is 34.1 Å². The predicted molar refractivity (Wildman–Crippen MR) is 142 cm³/mol. The van der Waals surface area contributed by atoms with Crippen molar-refractivity contribution in [3.05, 3.63) is 106 Å². The summed E-state index contributed by atoms with van der Waals surface area (Å²) in [6.45, 7) is 3.01. The Labute approximate surface area is 227 Å². The lowest BCUT2D eigenvalue weighted by Crippen LogP contribution is -2.11. The highest BCUT2D eigenvalue weighted by molar-refractivity contribution is 6.05. The Kier molecular flexibility index (Phi) is 7.53. The quantitative estimate of drug-likeness (QED) is 0.187. The van der Waals surface area contributed by atoms with E-state index >= 15 is 0 Å². The zero-order valence-corrected chi connectivity index (χ0v) is 21.2. The van der Waals surface area contributed by atoms with E-state index in [-0.39, 0.29) is 22.6 Å². The maximum absolute atomic E-state index is 11.8. The molecule has 40 heavy (non-hydrogen) atoms. The molecule has 0 amide bonds. The van der Waals surface area contributed by atoms with E-state index in [1.165, 1.54) is 38.1 Å². The molecule has 0 unspecified atom stereocenters. The number of carboxylic acid groups (broad SMARTS) is 4. The van der Waals surface area contributed by atoms with Crippen LogP contribution in [-0.2, 0) is 0 Å². The Balaban J connectivity index is 1.56. The van der Waals surface area contributed by atoms with Crippen LogP contribution in [0.25, 0.3) is 11.1 Å². The lowest BCUT2D eigenvalue weighted by atomic mass is 10.0. The fourth-order valence-electron chi connectivity index (χ4n) is 4.21. The molecule has 4 aromatic carbocycles. The first-order chi connectivity index (χ1) is 19.0. The van der Waals surface area contributed by atoms with Crippen LogP contribution in [0.15, 0.2) is 72.8 Å². The van der Waals surface area contributed by atoms with Crippen molar-refractivity contribution in [1.82, 2.24) is 0 Å². The summed E-state index contributed by atoms with van der Waals surface area (Å²) in [6, 6.07) is 19.0. The third kappa shape index (κ3) is 5.46. The molecule has 4 rings (SSSR count). The molecule has 0 saturated heterocycles. The summed E-state index contributed by atoms with van der Waals surface area (Å²) in [5.74, 6) is -5.20. The van der Waals surface area contributed by atoms with Gasteiger partial charge in [0.1, 0.15) is 34.1 Å². The smallest absolute Gasteiger partial charge is 0.340 e. The van der Waals surface area contributed by atoms with E-state index in [0.717, 1.165) is 11.1 Å². The first-order valence-corrected chi connectivity index (χ1v) is 11.7. The minimum Gasteiger partial charge on any atom is -0.478 e. The lowest BCUT2D eigenvalue weighted by Gasteiger charge is -2.14. The number of carbonyl (C=O) groups is 4. The largest absolute Gasteiger partial charge is 0.478 e. The van der Waals surface area contributed by atoms with E-state index in [2.05, 4.69) is 0 Å². The Morgan fingerprint density at radius 2 is 0.750 bits per heavy atom. The van der Waals surface area contributed by atoms with Crippen molar-refractivity contribution in [2.75, 3.05) is 0 Å².